The van der Waals surface area contributed by atoms with Crippen LogP contribution >= 0.6 is 0 Å². The van der Waals surface area contributed by atoms with Crippen molar-refractivity contribution in [2.45, 2.75) is 66.8 Å². The van der Waals surface area contributed by atoms with Crippen molar-refractivity contribution in [1.82, 2.24) is 25.1 Å². The highest BCUT2D eigenvalue weighted by Gasteiger charge is 2.33. The molecular weight excluding hydrogens is 384 g/mol. The lowest BCUT2D eigenvalue weighted by atomic mass is 9.70. The van der Waals surface area contributed by atoms with Crippen molar-refractivity contribution in [1.29, 1.82) is 0 Å². The van der Waals surface area contributed by atoms with Crippen LogP contribution in [0.1, 0.15) is 57.0 Å². The molecule has 9 nitrogen and oxygen atoms in total. The normalized spacial score (nSPS) is 20.6. The minimum Gasteiger partial charge on any atom is -0.345 e. The smallest absolute Gasteiger partial charge is 0.314 e. The van der Waals surface area contributed by atoms with E-state index >= 15 is 0 Å². The molecular formula is C21H30N6O3. The highest BCUT2D eigenvalue weighted by atomic mass is 16.2. The first-order chi connectivity index (χ1) is 13.9. The summed E-state index contributed by atoms with van der Waals surface area (Å²) in [6.45, 7) is 11.7. The highest BCUT2D eigenvalue weighted by Crippen LogP contribution is 2.38. The van der Waals surface area contributed by atoms with Crippen LogP contribution in [0.15, 0.2) is 10.9 Å². The molecule has 0 saturated heterocycles. The Labute approximate surface area is 175 Å². The Balaban J connectivity index is 1.76. The molecule has 2 heterocycles. The number of hydrogen-bond acceptors (Lipinski definition) is 5. The Morgan fingerprint density at radius 3 is 2.53 bits per heavy atom. The van der Waals surface area contributed by atoms with Gasteiger partial charge in [-0.3, -0.25) is 19.4 Å². The Bertz CT molecular complexity index is 1040. The number of carbonyl (C=O) groups is 2. The number of anilines is 1. The third kappa shape index (κ3) is 4.77. The van der Waals surface area contributed by atoms with Crippen LogP contribution in [0, 0.1) is 32.1 Å². The van der Waals surface area contributed by atoms with Crippen molar-refractivity contribution in [3.05, 3.63) is 33.4 Å². The maximum atomic E-state index is 12.6. The lowest BCUT2D eigenvalue weighted by molar-refractivity contribution is -0.137. The second kappa shape index (κ2) is 8.04. The molecule has 1 aliphatic rings. The third-order valence-corrected chi connectivity index (χ3v) is 5.58. The first-order valence-electron chi connectivity index (χ1n) is 10.2. The number of H-pyrrole nitrogens is 1. The summed E-state index contributed by atoms with van der Waals surface area (Å²) in [6, 6.07) is 1.58. The predicted octanol–water partition coefficient (Wildman–Crippen LogP) is 2.15. The van der Waals surface area contributed by atoms with E-state index in [0.29, 0.717) is 22.9 Å². The van der Waals surface area contributed by atoms with Gasteiger partial charge < -0.3 is 10.6 Å². The first-order valence-corrected chi connectivity index (χ1v) is 10.2. The monoisotopic (exact) mass is 414 g/mol. The van der Waals surface area contributed by atoms with Gasteiger partial charge in [-0.2, -0.15) is 9.78 Å². The van der Waals surface area contributed by atoms with Gasteiger partial charge in [-0.15, -0.1) is 0 Å². The van der Waals surface area contributed by atoms with Crippen LogP contribution in [0.2, 0.25) is 0 Å². The van der Waals surface area contributed by atoms with Crippen LogP contribution in [0.25, 0.3) is 5.95 Å². The zero-order chi connectivity index (χ0) is 22.2. The molecule has 2 aromatic heterocycles. The molecule has 2 aromatic rings. The molecule has 3 rings (SSSR count). The van der Waals surface area contributed by atoms with Gasteiger partial charge in [0, 0.05) is 23.4 Å². The summed E-state index contributed by atoms with van der Waals surface area (Å²) >= 11 is 0. The fraction of sp³-hybridized carbons (Fsp3) is 0.571. The Kier molecular flexibility index (Phi) is 5.83. The molecule has 0 aromatic carbocycles. The molecule has 1 aliphatic carbocycles. The van der Waals surface area contributed by atoms with E-state index in [1.807, 2.05) is 0 Å². The molecule has 0 bridgehead atoms. The summed E-state index contributed by atoms with van der Waals surface area (Å²) in [7, 11) is 0. The number of hydrogen-bond donors (Lipinski definition) is 3. The van der Waals surface area contributed by atoms with E-state index in [2.05, 4.69) is 46.5 Å². The lowest BCUT2D eigenvalue weighted by Crippen LogP contribution is -2.46. The van der Waals surface area contributed by atoms with Gasteiger partial charge in [0.2, 0.25) is 5.95 Å². The largest absolute Gasteiger partial charge is 0.345 e. The van der Waals surface area contributed by atoms with Crippen LogP contribution in [0.4, 0.5) is 5.82 Å². The second-order valence-corrected chi connectivity index (χ2v) is 9.22. The van der Waals surface area contributed by atoms with Crippen LogP contribution in [-0.2, 0) is 9.59 Å². The molecule has 2 amide bonds. The second-order valence-electron chi connectivity index (χ2n) is 9.22. The number of nitrogens with one attached hydrogen (secondary N) is 3. The minimum atomic E-state index is -0.779. The van der Waals surface area contributed by atoms with E-state index in [9.17, 15) is 14.4 Å². The lowest BCUT2D eigenvalue weighted by Gasteiger charge is -2.39. The van der Waals surface area contributed by atoms with Gasteiger partial charge in [0.1, 0.15) is 5.82 Å². The first kappa shape index (κ1) is 21.7. The van der Waals surface area contributed by atoms with Crippen molar-refractivity contribution >= 4 is 17.6 Å². The summed E-state index contributed by atoms with van der Waals surface area (Å²) in [5, 5.41) is 9.74. The molecule has 0 aliphatic heterocycles. The summed E-state index contributed by atoms with van der Waals surface area (Å²) in [5.74, 6) is -0.541. The SMILES string of the molecule is Cc1cc(NC(=O)C(=O)N[C@@H]2C[C@H](C)CC(C)(C)C2)n(-c2nc(C)c(C)c(=O)[nH]2)n1. The fourth-order valence-corrected chi connectivity index (χ4v) is 4.36. The molecule has 30 heavy (non-hydrogen) atoms. The van der Waals surface area contributed by atoms with Crippen LogP contribution in [-0.4, -0.2) is 37.6 Å². The van der Waals surface area contributed by atoms with Gasteiger partial charge >= 0.3 is 11.8 Å². The van der Waals surface area contributed by atoms with Gasteiger partial charge in [0.15, 0.2) is 0 Å². The molecule has 0 radical (unpaired) electrons. The van der Waals surface area contributed by atoms with E-state index in [0.717, 1.165) is 19.3 Å². The van der Waals surface area contributed by atoms with Gasteiger partial charge in [0.05, 0.1) is 5.69 Å². The number of nitrogens with zero attached hydrogens (tertiary/aromatic N) is 3. The number of aromatic nitrogens is 4. The van der Waals surface area contributed by atoms with E-state index < -0.39 is 11.8 Å². The molecule has 162 valence electrons. The number of carbonyl (C=O) groups excluding carboxylic acids is 2. The number of amides is 2. The van der Waals surface area contributed by atoms with Crippen molar-refractivity contribution in [3.8, 4) is 5.95 Å². The van der Waals surface area contributed by atoms with E-state index in [1.54, 1.807) is 26.8 Å². The molecule has 0 spiro atoms. The van der Waals surface area contributed by atoms with Gasteiger partial charge in [-0.05, 0) is 51.4 Å². The molecule has 0 unspecified atom stereocenters. The van der Waals surface area contributed by atoms with E-state index in [4.69, 9.17) is 0 Å². The zero-order valence-electron chi connectivity index (χ0n) is 18.4. The number of aromatic amines is 1. The van der Waals surface area contributed by atoms with E-state index in [1.165, 1.54) is 4.68 Å². The molecule has 2 atom stereocenters. The standard InChI is InChI=1S/C21H30N6O3/c1-11-7-15(10-21(5,6)9-11)23-18(29)19(30)24-16-8-12(2)26-27(16)20-22-14(4)13(3)17(28)25-20/h8,11,15H,7,9-10H2,1-6H3,(H,23,29)(H,24,30)(H,22,25,28)/t11-,15+/m0/s1. The maximum Gasteiger partial charge on any atom is 0.314 e. The molecule has 9 heteroatoms. The zero-order valence-corrected chi connectivity index (χ0v) is 18.4. The highest BCUT2D eigenvalue weighted by molar-refractivity contribution is 6.39. The molecule has 3 N–H and O–H groups in total. The molecule has 1 fully saturated rings. The van der Waals surface area contributed by atoms with Crippen molar-refractivity contribution < 1.29 is 9.59 Å². The summed E-state index contributed by atoms with van der Waals surface area (Å²) in [6.07, 6.45) is 2.79. The Morgan fingerprint density at radius 1 is 1.20 bits per heavy atom. The van der Waals surface area contributed by atoms with Crippen LogP contribution < -0.4 is 16.2 Å². The summed E-state index contributed by atoms with van der Waals surface area (Å²) in [4.78, 5) is 44.2. The Hall–Kier alpha value is -2.97. The minimum absolute atomic E-state index is 0.0357. The van der Waals surface area contributed by atoms with Crippen molar-refractivity contribution in [3.63, 3.8) is 0 Å². The van der Waals surface area contributed by atoms with Crippen molar-refractivity contribution in [2.24, 2.45) is 11.3 Å². The van der Waals surface area contributed by atoms with E-state index in [-0.39, 0.29) is 28.8 Å². The molecule has 1 saturated carbocycles. The van der Waals surface area contributed by atoms with Crippen LogP contribution in [0.5, 0.6) is 0 Å². The number of aryl methyl sites for hydroxylation is 2. The van der Waals surface area contributed by atoms with Gasteiger partial charge in [0.25, 0.3) is 5.56 Å². The Morgan fingerprint density at radius 2 is 1.90 bits per heavy atom. The maximum absolute atomic E-state index is 12.6. The average Bonchev–Trinajstić information content (AvgIpc) is 2.97. The number of rotatable bonds is 3. The quantitative estimate of drug-likeness (QED) is 0.665. The van der Waals surface area contributed by atoms with Gasteiger partial charge in [-0.25, -0.2) is 4.98 Å². The predicted molar refractivity (Wildman–Crippen MR) is 114 cm³/mol. The summed E-state index contributed by atoms with van der Waals surface area (Å²) in [5.41, 5.74) is 1.52. The summed E-state index contributed by atoms with van der Waals surface area (Å²) < 4.78 is 1.32. The fourth-order valence-electron chi connectivity index (χ4n) is 4.36. The topological polar surface area (TPSA) is 122 Å². The van der Waals surface area contributed by atoms with Crippen LogP contribution in [0.3, 0.4) is 0 Å². The average molecular weight is 415 g/mol. The van der Waals surface area contributed by atoms with Gasteiger partial charge in [-0.1, -0.05) is 20.8 Å². The van der Waals surface area contributed by atoms with Crippen molar-refractivity contribution in [2.75, 3.05) is 5.32 Å². The third-order valence-electron chi connectivity index (χ3n) is 5.58.